The SMILES string of the molecule is C=C(C)C(=O)OC1(C(C)C)C2CC3CC(C2)CC1C3.C=C(C)C(=O)OCC(=O)OC1C2CC3C(=O)OC1C3C2.C=C(C)C(=O)OCC(=O)OC1C2CC3C1OS(=O)(=O)C3C2.C=C(C)C(=O)OCC(=O)OCC(=O)OC1(C)C2CC3CC(C2)CC1C3.CCC(C)(C)C(=O)OCC(=O)OC1C2CC3C(=O)OC1C3C2.CCC(C)(C)C(=O)OCC(=O)OC1C2CC3C1OS(=O)(=O)C3C2. The quantitative estimate of drug-likeness (QED) is 0.0319. The zero-order chi connectivity index (χ0) is 94.8. The number of carbonyl (C=O) groups excluding carboxylic acids is 14. The third-order valence-corrected chi connectivity index (χ3v) is 35.2. The molecule has 34 nitrogen and oxygen atoms in total. The Morgan fingerprint density at radius 2 is 0.677 bits per heavy atom. The third kappa shape index (κ3) is 20.5. The van der Waals surface area contributed by atoms with Gasteiger partial charge in [-0.2, -0.15) is 16.8 Å². The van der Waals surface area contributed by atoms with Crippen LogP contribution in [-0.4, -0.2) is 211 Å². The molecule has 130 heavy (non-hydrogen) atoms. The van der Waals surface area contributed by atoms with Gasteiger partial charge in [-0.1, -0.05) is 54.0 Å². The van der Waals surface area contributed by atoms with Crippen LogP contribution in [0.5, 0.6) is 0 Å². The van der Waals surface area contributed by atoms with Crippen molar-refractivity contribution >= 4 is 104 Å². The molecule has 720 valence electrons. The van der Waals surface area contributed by atoms with Gasteiger partial charge in [0.25, 0.3) is 20.2 Å². The molecule has 16 bridgehead atoms. The van der Waals surface area contributed by atoms with Crippen LogP contribution in [0.15, 0.2) is 48.6 Å². The fourth-order valence-electron chi connectivity index (χ4n) is 24.8. The molecule has 0 N–H and O–H groups in total. The third-order valence-electron chi connectivity index (χ3n) is 31.6. The van der Waals surface area contributed by atoms with Crippen LogP contribution in [0.1, 0.15) is 218 Å². The van der Waals surface area contributed by atoms with Crippen molar-refractivity contribution < 1.29 is 159 Å². The van der Waals surface area contributed by atoms with Crippen LogP contribution in [0.2, 0.25) is 0 Å². The van der Waals surface area contributed by atoms with Crippen LogP contribution in [0.3, 0.4) is 0 Å². The topological polar surface area (TPSA) is 455 Å². The Hall–Kier alpha value is -8.64. The van der Waals surface area contributed by atoms with Crippen molar-refractivity contribution in [1.29, 1.82) is 0 Å². The molecule has 16 aliphatic carbocycles. The molecule has 0 spiro atoms. The van der Waals surface area contributed by atoms with E-state index in [1.54, 1.807) is 34.6 Å². The summed E-state index contributed by atoms with van der Waals surface area (Å²) in [5.74, 6) is -0.811. The zero-order valence-corrected chi connectivity index (χ0v) is 78.3. The summed E-state index contributed by atoms with van der Waals surface area (Å²) in [6.07, 6.45) is 15.5. The second-order valence-corrected chi connectivity index (χ2v) is 45.0. The molecule has 0 aromatic heterocycles. The summed E-state index contributed by atoms with van der Waals surface area (Å²) in [4.78, 5) is 164. The van der Waals surface area contributed by atoms with E-state index in [2.05, 4.69) is 44.9 Å². The predicted octanol–water partition coefficient (Wildman–Crippen LogP) is 9.59. The Kier molecular flexibility index (Phi) is 29.5. The minimum Gasteiger partial charge on any atom is -0.458 e. The average molecular weight is 1870 g/mol. The van der Waals surface area contributed by atoms with Crippen molar-refractivity contribution in [3.8, 4) is 0 Å². The fourth-order valence-corrected chi connectivity index (χ4v) is 28.5. The molecule has 20 rings (SSSR count). The molecule has 0 aromatic rings. The van der Waals surface area contributed by atoms with Crippen molar-refractivity contribution in [2.75, 3.05) is 39.6 Å². The highest BCUT2D eigenvalue weighted by Gasteiger charge is 2.69. The van der Waals surface area contributed by atoms with Crippen LogP contribution in [0.4, 0.5) is 0 Å². The number of fused-ring (bicyclic) bond motifs is 4. The van der Waals surface area contributed by atoms with E-state index in [1.807, 2.05) is 20.8 Å². The van der Waals surface area contributed by atoms with Gasteiger partial charge in [0.05, 0.1) is 33.2 Å². The van der Waals surface area contributed by atoms with Crippen molar-refractivity contribution in [3.63, 3.8) is 0 Å². The number of ether oxygens (including phenoxy) is 14. The van der Waals surface area contributed by atoms with Gasteiger partial charge in [0.1, 0.15) is 60.0 Å². The number of carbonyl (C=O) groups is 14. The van der Waals surface area contributed by atoms with Crippen LogP contribution in [-0.2, 0) is 162 Å². The molecule has 36 heteroatoms. The first-order valence-electron chi connectivity index (χ1n) is 46.1. The highest BCUT2D eigenvalue weighted by molar-refractivity contribution is 7.88. The van der Waals surface area contributed by atoms with E-state index in [1.165, 1.54) is 59.3 Å². The summed E-state index contributed by atoms with van der Waals surface area (Å²) in [5, 5.41) is -0.903. The molecule has 0 radical (unpaired) electrons. The van der Waals surface area contributed by atoms with E-state index < -0.39 is 176 Å². The van der Waals surface area contributed by atoms with Gasteiger partial charge < -0.3 is 66.3 Å². The van der Waals surface area contributed by atoms with Crippen molar-refractivity contribution in [1.82, 2.24) is 0 Å². The largest absolute Gasteiger partial charge is 0.458 e. The smallest absolute Gasteiger partial charge is 0.344 e. The van der Waals surface area contributed by atoms with E-state index in [-0.39, 0.29) is 124 Å². The first-order valence-corrected chi connectivity index (χ1v) is 49.0. The van der Waals surface area contributed by atoms with Gasteiger partial charge in [-0.05, 0) is 244 Å². The summed E-state index contributed by atoms with van der Waals surface area (Å²) in [6, 6.07) is 0. The lowest BCUT2D eigenvalue weighted by atomic mass is 9.47. The predicted molar refractivity (Wildman–Crippen MR) is 452 cm³/mol. The van der Waals surface area contributed by atoms with Crippen LogP contribution in [0, 0.1) is 123 Å². The molecular weight excluding hydrogens is 1740 g/mol. The second-order valence-electron chi connectivity index (χ2n) is 41.4. The molecule has 20 atom stereocenters. The maximum absolute atomic E-state index is 12.2. The number of hydrogen-bond donors (Lipinski definition) is 0. The summed E-state index contributed by atoms with van der Waals surface area (Å²) in [7, 11) is -7.05. The second kappa shape index (κ2) is 38.8. The molecule has 0 aromatic carbocycles. The van der Waals surface area contributed by atoms with E-state index in [4.69, 9.17) is 69.9 Å². The van der Waals surface area contributed by atoms with Crippen LogP contribution >= 0.6 is 0 Å². The fraction of sp³-hybridized carbons (Fsp3) is 0.766. The normalized spacial score (nSPS) is 37.5. The van der Waals surface area contributed by atoms with E-state index >= 15 is 0 Å². The Labute approximate surface area is 759 Å². The lowest BCUT2D eigenvalue weighted by Gasteiger charge is -2.61. The number of rotatable bonds is 27. The molecule has 4 saturated heterocycles. The van der Waals surface area contributed by atoms with Gasteiger partial charge in [-0.3, -0.25) is 27.5 Å². The van der Waals surface area contributed by atoms with Gasteiger partial charge >= 0.3 is 83.6 Å². The van der Waals surface area contributed by atoms with Gasteiger partial charge in [0, 0.05) is 69.6 Å². The zero-order valence-electron chi connectivity index (χ0n) is 76.7. The lowest BCUT2D eigenvalue weighted by molar-refractivity contribution is -0.221. The molecule has 20 unspecified atom stereocenters. The lowest BCUT2D eigenvalue weighted by Crippen LogP contribution is -2.62. The van der Waals surface area contributed by atoms with E-state index in [9.17, 15) is 84.0 Å². The molecule has 4 heterocycles. The maximum atomic E-state index is 12.2. The van der Waals surface area contributed by atoms with Gasteiger partial charge in [0.15, 0.2) is 39.6 Å². The first kappa shape index (κ1) is 98.9. The minimum absolute atomic E-state index is 0.00284. The van der Waals surface area contributed by atoms with Gasteiger partial charge in [-0.25, -0.2) is 47.9 Å². The highest BCUT2D eigenvalue weighted by Crippen LogP contribution is 2.64. The van der Waals surface area contributed by atoms with Gasteiger partial charge in [0.2, 0.25) is 0 Å². The highest BCUT2D eigenvalue weighted by atomic mass is 32.2. The van der Waals surface area contributed by atoms with Crippen molar-refractivity contribution in [2.45, 2.75) is 289 Å². The standard InChI is InChI=1S/C19H26O6.C17H26O2.C16H22O6.C15H22O7S.C14H16O6.C13H16O7S/c1-11(2)18(22)24-9-16(20)23-10-17(21)25-19(3)14-5-12-4-13(7-14)8-15(19)6-12;1-10(2)16(18)19-17(11(3)4)14-6-12-5-13(8-14)9-15(17)7-12;1-4-16(2,3)15(19)20-7-11(17)21-12-8-5-9-10(6-8)14(18)22-13(9)12;1-4-15(2,3)14(17)20-7-11(16)21-12-8-5-9-10(6-8)23(18,19)22-13(9)12;1-6(2)13(16)18-5-10(15)19-11-7-3-8-9(4-7)14(17)20-12(8)11;1-6(2)13(15)18-5-10(14)19-11-7-3-8-9(4-7)21(16,17)20-12(8)11/h12-15H,1,4-10H2,2-3H3;11-15H,1,5-9H2,2-4H3;8-10,12-13H,4-7H2,1-3H3;8-10,12-13H,4-7H2,1-3H3;7-9,11-12H,1,3-5H2,2H3;7-9,11-12H,1,3-5H2,2H3. The molecule has 20 aliphatic rings. The van der Waals surface area contributed by atoms with E-state index in [0.717, 1.165) is 75.0 Å². The summed E-state index contributed by atoms with van der Waals surface area (Å²) in [6.45, 7) is 34.7. The monoisotopic (exact) mass is 1860 g/mol. The maximum Gasteiger partial charge on any atom is 0.344 e. The molecule has 0 amide bonds. The summed E-state index contributed by atoms with van der Waals surface area (Å²) >= 11 is 0. The van der Waals surface area contributed by atoms with E-state index in [0.29, 0.717) is 73.7 Å². The van der Waals surface area contributed by atoms with Gasteiger partial charge in [-0.15, -0.1) is 0 Å². The minimum atomic E-state index is -3.53. The first-order chi connectivity index (χ1) is 61.0. The molecular formula is C94H128O34S2. The van der Waals surface area contributed by atoms with Crippen molar-refractivity contribution in [3.05, 3.63) is 48.6 Å². The summed E-state index contributed by atoms with van der Waals surface area (Å²) in [5.41, 5.74) is -0.757. The number of esters is 14. The Bertz CT molecular complexity index is 4690. The summed E-state index contributed by atoms with van der Waals surface area (Å²) < 4.78 is 130. The van der Waals surface area contributed by atoms with Crippen LogP contribution in [0.25, 0.3) is 0 Å². The number of hydrogen-bond acceptors (Lipinski definition) is 34. The molecule has 20 fully saturated rings. The average Bonchev–Trinajstić information content (AvgIpc) is 1.60. The molecule has 16 saturated carbocycles. The Balaban J connectivity index is 0.000000133. The Morgan fingerprint density at radius 1 is 0.377 bits per heavy atom. The van der Waals surface area contributed by atoms with Crippen LogP contribution < -0.4 is 0 Å². The Morgan fingerprint density at radius 3 is 1.01 bits per heavy atom. The molecule has 4 aliphatic heterocycles. The van der Waals surface area contributed by atoms with Crippen molar-refractivity contribution in [2.24, 2.45) is 123 Å².